The van der Waals surface area contributed by atoms with Crippen LogP contribution >= 0.6 is 0 Å². The number of hydrogen-bond donors (Lipinski definition) is 4. The first-order valence-corrected chi connectivity index (χ1v) is 21.9. The second-order valence-corrected chi connectivity index (χ2v) is 18.6. The lowest BCUT2D eigenvalue weighted by molar-refractivity contribution is -0.300. The molecule has 4 aliphatic heterocycles. The number of phenolic OH excluding ortho intramolecular Hbond substituents is 1. The number of epoxide rings is 1. The summed E-state index contributed by atoms with van der Waals surface area (Å²) in [6, 6.07) is 5.39. The van der Waals surface area contributed by atoms with Crippen LogP contribution in [0.3, 0.4) is 0 Å². The maximum atomic E-state index is 15.1. The Morgan fingerprint density at radius 1 is 0.846 bits per heavy atom. The van der Waals surface area contributed by atoms with E-state index in [-0.39, 0.29) is 69.1 Å². The van der Waals surface area contributed by atoms with E-state index in [0.717, 1.165) is 7.11 Å². The lowest BCUT2D eigenvalue weighted by Gasteiger charge is -2.52. The van der Waals surface area contributed by atoms with Gasteiger partial charge in [-0.3, -0.25) is 19.2 Å². The number of hydrogen-bond acceptors (Lipinski definition) is 18. The Bertz CT molecular complexity index is 2450. The topological polar surface area (TPSA) is 243 Å². The fraction of sp³-hybridized carbons (Fsp3) is 0.617. The van der Waals surface area contributed by atoms with E-state index in [4.69, 9.17) is 42.3 Å². The highest BCUT2D eigenvalue weighted by Gasteiger charge is 2.55. The number of esters is 1. The van der Waals surface area contributed by atoms with Crippen molar-refractivity contribution in [2.24, 2.45) is 0 Å². The monoisotopic (exact) mass is 909 g/mol. The average molecular weight is 910 g/mol. The van der Waals surface area contributed by atoms with E-state index in [9.17, 15) is 34.8 Å². The number of ketones is 2. The lowest BCUT2D eigenvalue weighted by atomic mass is 9.76. The number of aliphatic hydroxyl groups is 3. The molecule has 18 heteroatoms. The molecule has 3 aromatic rings. The van der Waals surface area contributed by atoms with Gasteiger partial charge >= 0.3 is 5.97 Å². The lowest BCUT2D eigenvalue weighted by Crippen LogP contribution is -2.62. The molecule has 2 aromatic carbocycles. The van der Waals surface area contributed by atoms with Crippen LogP contribution in [-0.2, 0) is 48.3 Å². The minimum absolute atomic E-state index is 0.0528. The summed E-state index contributed by atoms with van der Waals surface area (Å²) in [6.45, 7) is 10.6. The van der Waals surface area contributed by atoms with Crippen molar-refractivity contribution in [3.05, 3.63) is 73.6 Å². The quantitative estimate of drug-likeness (QED) is 0.132. The molecular formula is C47H59NO17. The number of likely N-dealkylation sites (N-methyl/N-ethyl adjacent to an activating group) is 1. The average Bonchev–Trinajstić information content (AvgIpc) is 3.89. The van der Waals surface area contributed by atoms with E-state index in [1.54, 1.807) is 20.8 Å². The number of ether oxygens (including phenoxy) is 8. The molecule has 4 N–H and O–H groups in total. The van der Waals surface area contributed by atoms with Crippen LogP contribution in [0.1, 0.15) is 115 Å². The van der Waals surface area contributed by atoms with Crippen LogP contribution in [0.25, 0.3) is 11.0 Å². The van der Waals surface area contributed by atoms with E-state index in [0.29, 0.717) is 0 Å². The number of aromatic hydroxyl groups is 1. The van der Waals surface area contributed by atoms with Crippen molar-refractivity contribution in [3.63, 3.8) is 0 Å². The van der Waals surface area contributed by atoms with Gasteiger partial charge in [0.05, 0.1) is 60.2 Å². The fourth-order valence-electron chi connectivity index (χ4n) is 10.3. The minimum atomic E-state index is -1.64. The first kappa shape index (κ1) is 47.3. The molecule has 5 aliphatic rings. The van der Waals surface area contributed by atoms with Gasteiger partial charge < -0.3 is 67.6 Å². The van der Waals surface area contributed by atoms with Gasteiger partial charge in [0.1, 0.15) is 65.2 Å². The van der Waals surface area contributed by atoms with Crippen molar-refractivity contribution in [3.8, 4) is 5.75 Å². The van der Waals surface area contributed by atoms with E-state index in [2.05, 4.69) is 0 Å². The van der Waals surface area contributed by atoms with E-state index in [1.165, 1.54) is 45.4 Å². The van der Waals surface area contributed by atoms with Gasteiger partial charge in [0.2, 0.25) is 5.78 Å². The van der Waals surface area contributed by atoms with Gasteiger partial charge in [-0.2, -0.15) is 0 Å². The van der Waals surface area contributed by atoms with Gasteiger partial charge in [-0.15, -0.1) is 0 Å². The Morgan fingerprint density at radius 2 is 1.52 bits per heavy atom. The summed E-state index contributed by atoms with van der Waals surface area (Å²) in [4.78, 5) is 60.3. The molecule has 5 heterocycles. The molecule has 0 radical (unpaired) electrons. The Morgan fingerprint density at radius 3 is 2.14 bits per heavy atom. The standard InChI is InChI=1S/C47H59NO17/c1-18-35(50)27(57-9)16-30(61-18)64-44-20(3)60-28(17-46(44,5)48(7)8)22-12-13-23-32(38(22)53)39(54)33-25(37(23)52)14-24(31-26(49)15-29(63-41(31)33)47(6)21(4)65-47)34(45(56)59-11)42-40(55)43(58-10)36(51)19(2)62-42/h12-15,18-21,27-28,30,34-36,40,42-44,50-51,53,55H,16-17H2,1-11H3/t18-,19-,20+,21-,27+,28-,30-,34+,35-,36-,40-,42-,43-,44-,46+,47-/m1/s1. The summed E-state index contributed by atoms with van der Waals surface area (Å²) in [7, 11) is 7.69. The van der Waals surface area contributed by atoms with Crippen molar-refractivity contribution < 1.29 is 77.1 Å². The third kappa shape index (κ3) is 7.54. The summed E-state index contributed by atoms with van der Waals surface area (Å²) in [5.41, 5.74) is -3.85. The second kappa shape index (κ2) is 17.2. The largest absolute Gasteiger partial charge is 0.507 e. The normalized spacial score (nSPS) is 37.5. The van der Waals surface area contributed by atoms with Gasteiger partial charge in [-0.1, -0.05) is 6.07 Å². The molecule has 1 aliphatic carbocycles. The van der Waals surface area contributed by atoms with Crippen molar-refractivity contribution >= 4 is 28.5 Å². The van der Waals surface area contributed by atoms with Crippen molar-refractivity contribution in [1.82, 2.24) is 4.90 Å². The third-order valence-electron chi connectivity index (χ3n) is 14.7. The van der Waals surface area contributed by atoms with Crippen molar-refractivity contribution in [2.75, 3.05) is 35.4 Å². The van der Waals surface area contributed by atoms with Crippen LogP contribution in [-0.4, -0.2) is 157 Å². The van der Waals surface area contributed by atoms with Crippen LogP contribution < -0.4 is 5.43 Å². The SMILES string of the molecule is COC(=O)[C@@H](c1cc2c(c3oc([C@]4(C)O[C@@H]4C)cc(=O)c13)C(=O)c1c(ccc([C@H]3C[C@](C)(N(C)C)[C@H](O[C@@H]4C[C@H](OC)[C@H](O)[C@@H](C)O4)[C@H](C)O3)c1O)C2=O)[C@H]1O[C@H](C)[C@@H](O)[C@@H](OC)[C@@H]1O. The number of nitrogens with zero attached hydrogens (tertiary/aromatic N) is 1. The van der Waals surface area contributed by atoms with Gasteiger partial charge in [0.25, 0.3) is 0 Å². The first-order chi connectivity index (χ1) is 30.6. The molecule has 8 rings (SSSR count). The molecule has 354 valence electrons. The Hall–Kier alpha value is -4.18. The number of aliphatic hydroxyl groups excluding tert-OH is 3. The zero-order valence-corrected chi connectivity index (χ0v) is 38.3. The number of methoxy groups -OCH3 is 3. The minimum Gasteiger partial charge on any atom is -0.507 e. The molecule has 0 unspecified atom stereocenters. The highest BCUT2D eigenvalue weighted by atomic mass is 16.7. The maximum Gasteiger partial charge on any atom is 0.315 e. The highest BCUT2D eigenvalue weighted by molar-refractivity contribution is 6.32. The smallest absolute Gasteiger partial charge is 0.315 e. The molecule has 0 amide bonds. The van der Waals surface area contributed by atoms with Gasteiger partial charge in [-0.05, 0) is 79.8 Å². The summed E-state index contributed by atoms with van der Waals surface area (Å²) < 4.78 is 53.7. The fourth-order valence-corrected chi connectivity index (χ4v) is 10.3. The molecular weight excluding hydrogens is 851 g/mol. The molecule has 0 spiro atoms. The predicted octanol–water partition coefficient (Wildman–Crippen LogP) is 2.75. The first-order valence-electron chi connectivity index (χ1n) is 21.9. The molecule has 16 atom stereocenters. The molecule has 0 saturated carbocycles. The summed E-state index contributed by atoms with van der Waals surface area (Å²) in [5, 5.41) is 44.8. The number of phenols is 1. The van der Waals surface area contributed by atoms with Crippen LogP contribution in [0, 0.1) is 0 Å². The van der Waals surface area contributed by atoms with E-state index < -0.39 is 119 Å². The van der Waals surface area contributed by atoms with Gasteiger partial charge in [0.15, 0.2) is 17.5 Å². The maximum absolute atomic E-state index is 15.1. The molecule has 18 nitrogen and oxygen atoms in total. The number of carbonyl (C=O) groups excluding carboxylic acids is 3. The van der Waals surface area contributed by atoms with E-state index >= 15 is 4.79 Å². The second-order valence-electron chi connectivity index (χ2n) is 18.6. The Labute approximate surface area is 375 Å². The van der Waals surface area contributed by atoms with Gasteiger partial charge in [0, 0.05) is 48.9 Å². The Kier molecular flexibility index (Phi) is 12.5. The highest BCUT2D eigenvalue weighted by Crippen LogP contribution is 2.50. The van der Waals surface area contributed by atoms with E-state index in [1.807, 2.05) is 32.8 Å². The third-order valence-corrected chi connectivity index (χ3v) is 14.7. The zero-order valence-electron chi connectivity index (χ0n) is 38.3. The predicted molar refractivity (Wildman–Crippen MR) is 228 cm³/mol. The molecule has 65 heavy (non-hydrogen) atoms. The van der Waals surface area contributed by atoms with Crippen molar-refractivity contribution in [2.45, 2.75) is 151 Å². The number of rotatable bonds is 10. The zero-order chi connectivity index (χ0) is 47.3. The summed E-state index contributed by atoms with van der Waals surface area (Å²) in [6.07, 6.45) is -11.1. The molecule has 1 aromatic heterocycles. The summed E-state index contributed by atoms with van der Waals surface area (Å²) in [5.74, 6) is -4.58. The number of carbonyl (C=O) groups is 3. The van der Waals surface area contributed by atoms with Crippen molar-refractivity contribution in [1.29, 1.82) is 0 Å². The van der Waals surface area contributed by atoms with Crippen LogP contribution in [0.5, 0.6) is 5.75 Å². The van der Waals surface area contributed by atoms with Crippen LogP contribution in [0.2, 0.25) is 0 Å². The van der Waals surface area contributed by atoms with Crippen LogP contribution in [0.15, 0.2) is 33.5 Å². The number of benzene rings is 2. The van der Waals surface area contributed by atoms with Crippen LogP contribution in [0.4, 0.5) is 0 Å². The molecule has 4 saturated heterocycles. The number of fused-ring (bicyclic) bond motifs is 4. The summed E-state index contributed by atoms with van der Waals surface area (Å²) >= 11 is 0. The molecule has 0 bridgehead atoms. The van der Waals surface area contributed by atoms with Gasteiger partial charge in [-0.25, -0.2) is 0 Å². The molecule has 4 fully saturated rings. The Balaban J connectivity index is 1.23.